The Morgan fingerprint density at radius 2 is 2.25 bits per heavy atom. The van der Waals surface area contributed by atoms with Crippen LogP contribution in [0.1, 0.15) is 34.5 Å². The Morgan fingerprint density at radius 1 is 1.50 bits per heavy atom. The lowest BCUT2D eigenvalue weighted by Gasteiger charge is -2.28. The number of nitrogens with zero attached hydrogens (tertiary/aromatic N) is 3. The third-order valence-corrected chi connectivity index (χ3v) is 4.13. The average Bonchev–Trinajstić information content (AvgIpc) is 3.21. The van der Waals surface area contributed by atoms with Gasteiger partial charge in [-0.1, -0.05) is 0 Å². The number of anilines is 1. The van der Waals surface area contributed by atoms with E-state index in [0.29, 0.717) is 11.4 Å². The van der Waals surface area contributed by atoms with Crippen LogP contribution >= 0.6 is 0 Å². The number of hydrogen-bond acceptors (Lipinski definition) is 4. The molecule has 2 aliphatic rings. The number of pyridine rings is 1. The largest absolute Gasteiger partial charge is 0.383 e. The van der Waals surface area contributed by atoms with Gasteiger partial charge in [0.25, 0.3) is 5.91 Å². The van der Waals surface area contributed by atoms with E-state index in [2.05, 4.69) is 9.88 Å². The fourth-order valence-corrected chi connectivity index (χ4v) is 2.78. The molecule has 1 aromatic heterocycles. The molecule has 1 aliphatic carbocycles. The molecule has 1 saturated carbocycles. The van der Waals surface area contributed by atoms with E-state index in [4.69, 9.17) is 5.73 Å². The van der Waals surface area contributed by atoms with Crippen molar-refractivity contribution in [1.82, 2.24) is 14.8 Å². The monoisotopic (exact) mass is 274 g/mol. The van der Waals surface area contributed by atoms with E-state index < -0.39 is 0 Å². The number of carbonyl (C=O) groups excluding carboxylic acids is 1. The molecule has 0 radical (unpaired) electrons. The van der Waals surface area contributed by atoms with Crippen LogP contribution in [0.3, 0.4) is 0 Å². The average molecular weight is 274 g/mol. The minimum atomic E-state index is -0.0721. The second-order valence-corrected chi connectivity index (χ2v) is 6.16. The van der Waals surface area contributed by atoms with Crippen LogP contribution in [0, 0.1) is 5.92 Å². The second-order valence-electron chi connectivity index (χ2n) is 6.16. The zero-order chi connectivity index (χ0) is 14.3. The van der Waals surface area contributed by atoms with Crippen molar-refractivity contribution in [2.75, 3.05) is 32.9 Å². The van der Waals surface area contributed by atoms with Gasteiger partial charge < -0.3 is 10.6 Å². The first-order valence-corrected chi connectivity index (χ1v) is 7.27. The van der Waals surface area contributed by atoms with Crippen LogP contribution in [0.4, 0.5) is 5.82 Å². The summed E-state index contributed by atoms with van der Waals surface area (Å²) in [5.74, 6) is 1.18. The predicted molar refractivity (Wildman–Crippen MR) is 78.4 cm³/mol. The number of hydrogen-bond donors (Lipinski definition) is 1. The number of nitrogen functional groups attached to an aromatic ring is 1. The Balaban J connectivity index is 1.84. The molecule has 2 N–H and O–H groups in total. The topological polar surface area (TPSA) is 62.5 Å². The molecule has 20 heavy (non-hydrogen) atoms. The molecule has 5 nitrogen and oxygen atoms in total. The number of carbonyl (C=O) groups is 1. The van der Waals surface area contributed by atoms with Crippen molar-refractivity contribution in [3.05, 3.63) is 22.9 Å². The summed E-state index contributed by atoms with van der Waals surface area (Å²) in [7, 11) is 3.47. The maximum absolute atomic E-state index is 12.1. The third-order valence-electron chi connectivity index (χ3n) is 4.13. The minimum Gasteiger partial charge on any atom is -0.383 e. The molecule has 3 rings (SSSR count). The summed E-state index contributed by atoms with van der Waals surface area (Å²) < 4.78 is 0. The van der Waals surface area contributed by atoms with Gasteiger partial charge in [-0.3, -0.25) is 9.69 Å². The van der Waals surface area contributed by atoms with Crippen molar-refractivity contribution in [2.24, 2.45) is 5.92 Å². The Labute approximate surface area is 119 Å². The molecule has 108 valence electrons. The van der Waals surface area contributed by atoms with Crippen LogP contribution in [0.5, 0.6) is 0 Å². The third kappa shape index (κ3) is 2.63. The molecular formula is C15H22N4O. The van der Waals surface area contributed by atoms with E-state index in [1.807, 2.05) is 6.07 Å². The Morgan fingerprint density at radius 3 is 2.90 bits per heavy atom. The molecule has 1 aromatic rings. The zero-order valence-corrected chi connectivity index (χ0v) is 12.2. The first kappa shape index (κ1) is 13.4. The van der Waals surface area contributed by atoms with Gasteiger partial charge in [0.1, 0.15) is 5.82 Å². The lowest BCUT2D eigenvalue weighted by molar-refractivity contribution is 0.0828. The maximum Gasteiger partial charge on any atom is 0.257 e. The summed E-state index contributed by atoms with van der Waals surface area (Å²) >= 11 is 0. The predicted octanol–water partition coefficient (Wildman–Crippen LogP) is 1.13. The quantitative estimate of drug-likeness (QED) is 0.897. The number of amides is 1. The zero-order valence-electron chi connectivity index (χ0n) is 12.2. The first-order chi connectivity index (χ1) is 9.54. The van der Waals surface area contributed by atoms with Crippen molar-refractivity contribution in [3.8, 4) is 0 Å². The summed E-state index contributed by atoms with van der Waals surface area (Å²) in [5, 5.41) is 0. The van der Waals surface area contributed by atoms with E-state index >= 15 is 0 Å². The van der Waals surface area contributed by atoms with Crippen LogP contribution in [-0.2, 0) is 13.0 Å². The number of aromatic nitrogens is 1. The molecular weight excluding hydrogens is 252 g/mol. The highest BCUT2D eigenvalue weighted by molar-refractivity contribution is 5.98. The molecule has 1 aliphatic heterocycles. The smallest absolute Gasteiger partial charge is 0.257 e. The summed E-state index contributed by atoms with van der Waals surface area (Å²) in [4.78, 5) is 20.6. The van der Waals surface area contributed by atoms with Gasteiger partial charge in [0.15, 0.2) is 0 Å². The molecule has 0 saturated heterocycles. The van der Waals surface area contributed by atoms with Gasteiger partial charge in [-0.25, -0.2) is 4.98 Å². The van der Waals surface area contributed by atoms with Gasteiger partial charge in [-0.05, 0) is 30.4 Å². The molecule has 1 fully saturated rings. The highest BCUT2D eigenvalue weighted by Crippen LogP contribution is 2.31. The van der Waals surface area contributed by atoms with Gasteiger partial charge in [0.05, 0.1) is 5.56 Å². The second kappa shape index (κ2) is 5.05. The van der Waals surface area contributed by atoms with Crippen molar-refractivity contribution in [3.63, 3.8) is 0 Å². The van der Waals surface area contributed by atoms with E-state index in [1.54, 1.807) is 19.0 Å². The summed E-state index contributed by atoms with van der Waals surface area (Å²) in [6.07, 6.45) is 3.67. The molecule has 0 atom stereocenters. The van der Waals surface area contributed by atoms with Crippen molar-refractivity contribution < 1.29 is 4.79 Å². The van der Waals surface area contributed by atoms with Crippen molar-refractivity contribution in [2.45, 2.75) is 25.8 Å². The molecule has 0 unspecified atom stereocenters. The highest BCUT2D eigenvalue weighted by Gasteiger charge is 2.27. The van der Waals surface area contributed by atoms with Crippen LogP contribution in [0.15, 0.2) is 6.07 Å². The van der Waals surface area contributed by atoms with E-state index in [1.165, 1.54) is 19.4 Å². The standard InChI is InChI=1S/C15H22N4O/c1-18(2)15(20)12-7-11-9-19(8-10-3-4-10)6-5-13(11)17-14(12)16/h7,10H,3-6,8-9H2,1-2H3,(H2,16,17). The van der Waals surface area contributed by atoms with Gasteiger partial charge in [-0.15, -0.1) is 0 Å². The van der Waals surface area contributed by atoms with E-state index in [0.717, 1.165) is 36.7 Å². The fourth-order valence-electron chi connectivity index (χ4n) is 2.78. The van der Waals surface area contributed by atoms with E-state index in [9.17, 15) is 4.79 Å². The van der Waals surface area contributed by atoms with Gasteiger partial charge >= 0.3 is 0 Å². The van der Waals surface area contributed by atoms with E-state index in [-0.39, 0.29) is 5.91 Å². The van der Waals surface area contributed by atoms with Crippen LogP contribution in [0.2, 0.25) is 0 Å². The Bertz CT molecular complexity index is 537. The molecule has 0 aromatic carbocycles. The SMILES string of the molecule is CN(C)C(=O)c1cc2c(nc1N)CCN(CC1CC1)C2. The van der Waals surface area contributed by atoms with Crippen molar-refractivity contribution in [1.29, 1.82) is 0 Å². The Kier molecular flexibility index (Phi) is 3.38. The Hall–Kier alpha value is -1.62. The molecule has 2 heterocycles. The summed E-state index contributed by atoms with van der Waals surface area (Å²) in [5.41, 5.74) is 8.69. The van der Waals surface area contributed by atoms with Gasteiger partial charge in [0, 0.05) is 45.8 Å². The maximum atomic E-state index is 12.1. The lowest BCUT2D eigenvalue weighted by atomic mass is 10.0. The van der Waals surface area contributed by atoms with Gasteiger partial charge in [-0.2, -0.15) is 0 Å². The molecule has 5 heteroatoms. The molecule has 0 bridgehead atoms. The molecule has 0 spiro atoms. The highest BCUT2D eigenvalue weighted by atomic mass is 16.2. The van der Waals surface area contributed by atoms with Gasteiger partial charge in [0.2, 0.25) is 0 Å². The summed E-state index contributed by atoms with van der Waals surface area (Å²) in [6.45, 7) is 3.13. The number of nitrogens with two attached hydrogens (primary N) is 1. The minimum absolute atomic E-state index is 0.0721. The van der Waals surface area contributed by atoms with Crippen LogP contribution in [0.25, 0.3) is 0 Å². The van der Waals surface area contributed by atoms with Crippen molar-refractivity contribution >= 4 is 11.7 Å². The number of fused-ring (bicyclic) bond motifs is 1. The van der Waals surface area contributed by atoms with Crippen LogP contribution < -0.4 is 5.73 Å². The summed E-state index contributed by atoms with van der Waals surface area (Å²) in [6, 6.07) is 1.94. The first-order valence-electron chi connectivity index (χ1n) is 7.27. The number of rotatable bonds is 3. The lowest BCUT2D eigenvalue weighted by Crippen LogP contribution is -2.33. The van der Waals surface area contributed by atoms with Crippen LogP contribution in [-0.4, -0.2) is 47.9 Å². The fraction of sp³-hybridized carbons (Fsp3) is 0.600. The molecule has 1 amide bonds. The normalized spacial score (nSPS) is 18.7.